The fourth-order valence-corrected chi connectivity index (χ4v) is 4.62. The van der Waals surface area contributed by atoms with Crippen molar-refractivity contribution in [3.63, 3.8) is 0 Å². The maximum Gasteiger partial charge on any atom is 0.245 e. The summed E-state index contributed by atoms with van der Waals surface area (Å²) in [6.07, 6.45) is 1.31. The van der Waals surface area contributed by atoms with Crippen molar-refractivity contribution >= 4 is 49.1 Å². The molecule has 2 atom stereocenters. The molecule has 5 rings (SSSR count). The summed E-state index contributed by atoms with van der Waals surface area (Å²) >= 11 is 6.96. The Labute approximate surface area is 168 Å². The number of carbonyl (C=O) groups excluding carboxylic acids is 1. The highest BCUT2D eigenvalue weighted by molar-refractivity contribution is 9.10. The summed E-state index contributed by atoms with van der Waals surface area (Å²) in [5.74, 6) is 1.39. The predicted molar refractivity (Wildman–Crippen MR) is 105 cm³/mol. The van der Waals surface area contributed by atoms with E-state index in [1.54, 1.807) is 4.90 Å². The van der Waals surface area contributed by atoms with E-state index >= 15 is 0 Å². The van der Waals surface area contributed by atoms with Gasteiger partial charge in [0.05, 0.1) is 30.6 Å². The molecule has 2 aromatic carbocycles. The highest BCUT2D eigenvalue weighted by Crippen LogP contribution is 2.48. The first-order valence-corrected chi connectivity index (χ1v) is 10.1. The molecule has 0 saturated carbocycles. The zero-order valence-corrected chi connectivity index (χ0v) is 17.0. The van der Waals surface area contributed by atoms with Gasteiger partial charge in [-0.1, -0.05) is 31.9 Å². The standard InChI is InChI=1S/C19H16Br2N2O3/c20-11-1-3-15-17(5-11)26-18-6-12(21)2-4-16(18)23(15)19(24)9-22-8-14-7-13(22)10-25-14/h1-6,13-14H,7-10H2/t13-,14-/m1/s1. The molecular weight excluding hydrogens is 464 g/mol. The van der Waals surface area contributed by atoms with Gasteiger partial charge in [0.25, 0.3) is 0 Å². The zero-order valence-electron chi connectivity index (χ0n) is 13.8. The van der Waals surface area contributed by atoms with E-state index in [2.05, 4.69) is 36.8 Å². The van der Waals surface area contributed by atoms with Crippen LogP contribution in [0.2, 0.25) is 0 Å². The molecular formula is C19H16Br2N2O3. The minimum Gasteiger partial charge on any atom is -0.453 e. The van der Waals surface area contributed by atoms with Gasteiger partial charge in [0.15, 0.2) is 11.5 Å². The third-order valence-electron chi connectivity index (χ3n) is 5.15. The van der Waals surface area contributed by atoms with Crippen LogP contribution in [0.25, 0.3) is 0 Å². The second-order valence-electron chi connectivity index (χ2n) is 6.83. The number of rotatable bonds is 2. The van der Waals surface area contributed by atoms with Crippen molar-refractivity contribution < 1.29 is 14.3 Å². The molecule has 2 aromatic rings. The lowest BCUT2D eigenvalue weighted by molar-refractivity contribution is -0.120. The van der Waals surface area contributed by atoms with Gasteiger partial charge in [0, 0.05) is 21.5 Å². The van der Waals surface area contributed by atoms with Crippen molar-refractivity contribution in [2.75, 3.05) is 24.6 Å². The van der Waals surface area contributed by atoms with Crippen LogP contribution in [0.5, 0.6) is 11.5 Å². The quantitative estimate of drug-likeness (QED) is 0.637. The maximum atomic E-state index is 13.3. The summed E-state index contributed by atoms with van der Waals surface area (Å²) in [4.78, 5) is 17.3. The molecule has 134 valence electrons. The number of morpholine rings is 1. The number of benzene rings is 2. The molecule has 2 bridgehead atoms. The van der Waals surface area contributed by atoms with Crippen molar-refractivity contribution in [3.05, 3.63) is 45.3 Å². The van der Waals surface area contributed by atoms with Crippen LogP contribution in [-0.4, -0.2) is 42.6 Å². The third kappa shape index (κ3) is 2.78. The van der Waals surface area contributed by atoms with Crippen LogP contribution < -0.4 is 9.64 Å². The molecule has 7 heteroatoms. The van der Waals surface area contributed by atoms with Gasteiger partial charge < -0.3 is 9.47 Å². The number of hydrogen-bond acceptors (Lipinski definition) is 4. The lowest BCUT2D eigenvalue weighted by Gasteiger charge is -2.34. The first-order valence-electron chi connectivity index (χ1n) is 8.54. The van der Waals surface area contributed by atoms with Crippen molar-refractivity contribution in [1.29, 1.82) is 0 Å². The van der Waals surface area contributed by atoms with Gasteiger partial charge >= 0.3 is 0 Å². The molecule has 3 aliphatic heterocycles. The van der Waals surface area contributed by atoms with Crippen molar-refractivity contribution in [2.24, 2.45) is 0 Å². The second kappa shape index (κ2) is 6.34. The summed E-state index contributed by atoms with van der Waals surface area (Å²) in [7, 11) is 0. The number of carbonyl (C=O) groups is 1. The van der Waals surface area contributed by atoms with Crippen LogP contribution in [0, 0.1) is 0 Å². The van der Waals surface area contributed by atoms with Gasteiger partial charge in [-0.25, -0.2) is 0 Å². The van der Waals surface area contributed by atoms with E-state index in [1.165, 1.54) is 0 Å². The van der Waals surface area contributed by atoms with Crippen LogP contribution in [0.1, 0.15) is 6.42 Å². The number of ether oxygens (including phenoxy) is 2. The zero-order chi connectivity index (χ0) is 17.8. The van der Waals surface area contributed by atoms with Crippen LogP contribution in [-0.2, 0) is 9.53 Å². The minimum atomic E-state index is 0.0491. The van der Waals surface area contributed by atoms with Gasteiger partial charge in [-0.15, -0.1) is 0 Å². The minimum absolute atomic E-state index is 0.0491. The Kier molecular flexibility index (Phi) is 4.08. The number of nitrogens with zero attached hydrogens (tertiary/aromatic N) is 2. The van der Waals surface area contributed by atoms with Crippen LogP contribution in [0.15, 0.2) is 45.3 Å². The molecule has 5 nitrogen and oxygen atoms in total. The predicted octanol–water partition coefficient (Wildman–Crippen LogP) is 4.46. The second-order valence-corrected chi connectivity index (χ2v) is 8.66. The molecule has 3 heterocycles. The van der Waals surface area contributed by atoms with Gasteiger partial charge in [0.2, 0.25) is 5.91 Å². The number of likely N-dealkylation sites (tertiary alicyclic amines) is 1. The van der Waals surface area contributed by atoms with Gasteiger partial charge in [0.1, 0.15) is 0 Å². The lowest BCUT2D eigenvalue weighted by Crippen LogP contribution is -2.44. The summed E-state index contributed by atoms with van der Waals surface area (Å²) in [5.41, 5.74) is 1.54. The Morgan fingerprint density at radius 2 is 1.73 bits per heavy atom. The van der Waals surface area contributed by atoms with E-state index in [9.17, 15) is 4.79 Å². The Morgan fingerprint density at radius 3 is 2.27 bits per heavy atom. The molecule has 1 amide bonds. The normalized spacial score (nSPS) is 23.5. The van der Waals surface area contributed by atoms with Gasteiger partial charge in [-0.3, -0.25) is 14.6 Å². The Hall–Kier alpha value is -1.41. The molecule has 0 radical (unpaired) electrons. The molecule has 2 saturated heterocycles. The Bertz CT molecular complexity index is 853. The molecule has 0 aromatic heterocycles. The lowest BCUT2D eigenvalue weighted by atomic mass is 10.1. The van der Waals surface area contributed by atoms with Crippen molar-refractivity contribution in [1.82, 2.24) is 4.90 Å². The number of fused-ring (bicyclic) bond motifs is 4. The molecule has 0 spiro atoms. The van der Waals surface area contributed by atoms with E-state index in [1.807, 2.05) is 36.4 Å². The van der Waals surface area contributed by atoms with E-state index in [0.717, 1.165) is 39.9 Å². The van der Waals surface area contributed by atoms with E-state index in [4.69, 9.17) is 9.47 Å². The monoisotopic (exact) mass is 478 g/mol. The van der Waals surface area contributed by atoms with E-state index < -0.39 is 0 Å². The molecule has 0 aliphatic carbocycles. The number of hydrogen-bond donors (Lipinski definition) is 0. The smallest absolute Gasteiger partial charge is 0.245 e. The van der Waals surface area contributed by atoms with E-state index in [-0.39, 0.29) is 12.0 Å². The first-order chi connectivity index (χ1) is 12.6. The van der Waals surface area contributed by atoms with Crippen LogP contribution in [0.4, 0.5) is 11.4 Å². The first kappa shape index (κ1) is 16.7. The number of anilines is 2. The number of amides is 1. The van der Waals surface area contributed by atoms with E-state index in [0.29, 0.717) is 24.1 Å². The molecule has 2 fully saturated rings. The third-order valence-corrected chi connectivity index (χ3v) is 6.13. The molecule has 3 aliphatic rings. The molecule has 0 unspecified atom stereocenters. The fraction of sp³-hybridized carbons (Fsp3) is 0.316. The highest BCUT2D eigenvalue weighted by atomic mass is 79.9. The average molecular weight is 480 g/mol. The maximum absolute atomic E-state index is 13.3. The highest BCUT2D eigenvalue weighted by Gasteiger charge is 2.41. The summed E-state index contributed by atoms with van der Waals surface area (Å²) in [6.45, 7) is 1.95. The average Bonchev–Trinajstić information content (AvgIpc) is 3.22. The summed E-state index contributed by atoms with van der Waals surface area (Å²) < 4.78 is 13.5. The SMILES string of the molecule is O=C(CN1C[C@H]2C[C@@H]1CO2)N1c2ccc(Br)cc2Oc2cc(Br)ccc21. The van der Waals surface area contributed by atoms with Crippen molar-refractivity contribution in [3.8, 4) is 11.5 Å². The van der Waals surface area contributed by atoms with Crippen LogP contribution >= 0.6 is 31.9 Å². The molecule has 26 heavy (non-hydrogen) atoms. The topological polar surface area (TPSA) is 42.0 Å². The largest absolute Gasteiger partial charge is 0.453 e. The molecule has 0 N–H and O–H groups in total. The fourth-order valence-electron chi connectivity index (χ4n) is 3.94. The Balaban J connectivity index is 1.51. The van der Waals surface area contributed by atoms with Gasteiger partial charge in [-0.2, -0.15) is 0 Å². The van der Waals surface area contributed by atoms with Gasteiger partial charge in [-0.05, 0) is 42.8 Å². The summed E-state index contributed by atoms with van der Waals surface area (Å²) in [5, 5.41) is 0. The van der Waals surface area contributed by atoms with Crippen LogP contribution in [0.3, 0.4) is 0 Å². The summed E-state index contributed by atoms with van der Waals surface area (Å²) in [6, 6.07) is 11.8. The number of halogens is 2. The Morgan fingerprint density at radius 1 is 1.08 bits per heavy atom. The van der Waals surface area contributed by atoms with Crippen molar-refractivity contribution in [2.45, 2.75) is 18.6 Å².